The molecular weight excluding hydrogens is 446 g/mol. The van der Waals surface area contributed by atoms with Gasteiger partial charge >= 0.3 is 5.76 Å². The second-order valence-electron chi connectivity index (χ2n) is 6.47. The van der Waals surface area contributed by atoms with Gasteiger partial charge in [0.15, 0.2) is 10.6 Å². The Kier molecular flexibility index (Phi) is 5.78. The zero-order valence-corrected chi connectivity index (χ0v) is 17.4. The van der Waals surface area contributed by atoms with Crippen molar-refractivity contribution in [1.82, 2.24) is 14.8 Å². The number of halogens is 1. The summed E-state index contributed by atoms with van der Waals surface area (Å²) in [5.74, 6) is -0.914. The number of benzene rings is 2. The van der Waals surface area contributed by atoms with Gasteiger partial charge < -0.3 is 9.73 Å². The van der Waals surface area contributed by atoms with Crippen molar-refractivity contribution in [2.24, 2.45) is 0 Å². The first kappa shape index (κ1) is 20.7. The van der Waals surface area contributed by atoms with Gasteiger partial charge in [0, 0.05) is 24.6 Å². The van der Waals surface area contributed by atoms with Gasteiger partial charge in [-0.2, -0.15) is 0 Å². The van der Waals surface area contributed by atoms with E-state index in [4.69, 9.17) is 16.0 Å². The summed E-state index contributed by atoms with van der Waals surface area (Å²) < 4.78 is 6.41. The normalized spacial score (nSPS) is 11.0. The predicted octanol–water partition coefficient (Wildman–Crippen LogP) is 4.09. The highest BCUT2D eigenvalue weighted by atomic mass is 35.5. The highest BCUT2D eigenvalue weighted by molar-refractivity contribution is 7.18. The number of carbonyl (C=O) groups is 1. The van der Waals surface area contributed by atoms with E-state index < -0.39 is 10.7 Å². The summed E-state index contributed by atoms with van der Waals surface area (Å²) in [5, 5.41) is 23.0. The number of nitro benzene ring substituents is 1. The molecule has 0 saturated heterocycles. The molecule has 0 aliphatic heterocycles. The average molecular weight is 460 g/mol. The van der Waals surface area contributed by atoms with E-state index in [0.29, 0.717) is 27.1 Å². The fraction of sp³-hybridized carbons (Fsp3) is 0.158. The lowest BCUT2D eigenvalue weighted by atomic mass is 10.2. The van der Waals surface area contributed by atoms with Crippen molar-refractivity contribution in [2.45, 2.75) is 19.4 Å². The Hall–Kier alpha value is -3.57. The molecule has 0 saturated carbocycles. The van der Waals surface area contributed by atoms with Gasteiger partial charge in [-0.05, 0) is 18.6 Å². The number of hydrogen-bond donors (Lipinski definition) is 1. The topological polar surface area (TPSA) is 133 Å². The summed E-state index contributed by atoms with van der Waals surface area (Å²) in [5.41, 5.74) is 1.13. The van der Waals surface area contributed by atoms with Gasteiger partial charge in [-0.25, -0.2) is 4.79 Å². The lowest BCUT2D eigenvalue weighted by molar-refractivity contribution is -0.384. The highest BCUT2D eigenvalue weighted by Crippen LogP contribution is 2.31. The molecule has 1 N–H and O–H groups in total. The van der Waals surface area contributed by atoms with Crippen LogP contribution in [0.2, 0.25) is 5.02 Å². The molecule has 4 rings (SSSR count). The zero-order chi connectivity index (χ0) is 22.0. The summed E-state index contributed by atoms with van der Waals surface area (Å²) in [7, 11) is 0. The van der Waals surface area contributed by atoms with Gasteiger partial charge in [-0.15, -0.1) is 10.2 Å². The van der Waals surface area contributed by atoms with Crippen molar-refractivity contribution >= 4 is 50.8 Å². The van der Waals surface area contributed by atoms with Gasteiger partial charge in [0.1, 0.15) is 0 Å². The van der Waals surface area contributed by atoms with Crippen molar-refractivity contribution in [2.75, 3.05) is 5.32 Å². The Morgan fingerprint density at radius 1 is 1.26 bits per heavy atom. The fourth-order valence-corrected chi connectivity index (χ4v) is 4.06. The molecule has 0 aliphatic carbocycles. The number of oxazole rings is 1. The van der Waals surface area contributed by atoms with E-state index in [0.717, 1.165) is 5.56 Å². The van der Waals surface area contributed by atoms with E-state index in [2.05, 4.69) is 15.5 Å². The Labute approximate surface area is 183 Å². The predicted molar refractivity (Wildman–Crippen MR) is 115 cm³/mol. The SMILES string of the molecule is O=C(CCCn1c(=O)oc2cc([N+](=O)[O-])ccc21)Nc1nnc(-c2ccccc2Cl)s1. The standard InChI is InChI=1S/C19H14ClN5O5S/c20-13-5-2-1-4-12(13)17-22-23-18(31-17)21-16(26)6-3-9-24-14-8-7-11(25(28)29)10-15(14)30-19(24)27/h1-2,4-5,7-8,10H,3,6,9H2,(H,21,23,26). The number of hydrogen-bond acceptors (Lipinski definition) is 8. The Morgan fingerprint density at radius 2 is 2.06 bits per heavy atom. The lowest BCUT2D eigenvalue weighted by Crippen LogP contribution is -2.17. The molecule has 31 heavy (non-hydrogen) atoms. The third-order valence-corrected chi connectivity index (χ3v) is 5.63. The largest absolute Gasteiger partial charge is 0.419 e. The smallest absolute Gasteiger partial charge is 0.407 e. The number of rotatable bonds is 7. The van der Waals surface area contributed by atoms with Crippen LogP contribution in [0.25, 0.3) is 21.7 Å². The van der Waals surface area contributed by atoms with Crippen LogP contribution < -0.4 is 11.1 Å². The molecule has 0 radical (unpaired) electrons. The number of nitrogens with one attached hydrogen (secondary N) is 1. The van der Waals surface area contributed by atoms with Crippen molar-refractivity contribution in [3.8, 4) is 10.6 Å². The van der Waals surface area contributed by atoms with Gasteiger partial charge in [0.2, 0.25) is 11.0 Å². The molecular formula is C19H14ClN5O5S. The molecule has 2 aromatic carbocycles. The maximum atomic E-state index is 12.2. The van der Waals surface area contributed by atoms with Crippen LogP contribution in [0.15, 0.2) is 51.7 Å². The van der Waals surface area contributed by atoms with Crippen LogP contribution in [0, 0.1) is 10.1 Å². The molecule has 0 bridgehead atoms. The second-order valence-corrected chi connectivity index (χ2v) is 7.86. The van der Waals surface area contributed by atoms with Gasteiger partial charge in [-0.3, -0.25) is 19.5 Å². The van der Waals surface area contributed by atoms with Crippen molar-refractivity contribution < 1.29 is 14.1 Å². The molecule has 2 heterocycles. The number of fused-ring (bicyclic) bond motifs is 1. The first-order chi connectivity index (χ1) is 14.9. The van der Waals surface area contributed by atoms with Gasteiger partial charge in [0.05, 0.1) is 21.5 Å². The summed E-state index contributed by atoms with van der Waals surface area (Å²) in [6.45, 7) is 0.220. The van der Waals surface area contributed by atoms with Crippen LogP contribution in [0.1, 0.15) is 12.8 Å². The summed E-state index contributed by atoms with van der Waals surface area (Å²) >= 11 is 7.36. The summed E-state index contributed by atoms with van der Waals surface area (Å²) in [6.07, 6.45) is 0.487. The quantitative estimate of drug-likeness (QED) is 0.325. The van der Waals surface area contributed by atoms with Crippen LogP contribution in [0.5, 0.6) is 0 Å². The molecule has 158 valence electrons. The molecule has 0 spiro atoms. The maximum absolute atomic E-state index is 12.2. The number of carbonyl (C=O) groups excluding carboxylic acids is 1. The van der Waals surface area contributed by atoms with Crippen LogP contribution in [0.3, 0.4) is 0 Å². The molecule has 0 atom stereocenters. The van der Waals surface area contributed by atoms with E-state index >= 15 is 0 Å². The minimum Gasteiger partial charge on any atom is -0.407 e. The number of non-ortho nitro benzene ring substituents is 1. The minimum absolute atomic E-state index is 0.129. The summed E-state index contributed by atoms with van der Waals surface area (Å²) in [6, 6.07) is 11.2. The van der Waals surface area contributed by atoms with E-state index in [9.17, 15) is 19.7 Å². The van der Waals surface area contributed by atoms with Gasteiger partial charge in [0.25, 0.3) is 5.69 Å². The second kappa shape index (κ2) is 8.66. The van der Waals surface area contributed by atoms with Crippen molar-refractivity contribution in [3.05, 3.63) is 68.2 Å². The number of aryl methyl sites for hydroxylation is 1. The molecule has 4 aromatic rings. The summed E-state index contributed by atoms with van der Waals surface area (Å²) in [4.78, 5) is 34.6. The fourth-order valence-electron chi connectivity index (χ4n) is 2.98. The Balaban J connectivity index is 1.37. The number of amides is 1. The number of aromatic nitrogens is 3. The first-order valence-corrected chi connectivity index (χ1v) is 10.3. The number of anilines is 1. The molecule has 1 amide bonds. The van der Waals surface area contributed by atoms with E-state index in [1.807, 2.05) is 18.2 Å². The number of nitrogens with zero attached hydrogens (tertiary/aromatic N) is 4. The molecule has 0 aliphatic rings. The average Bonchev–Trinajstić information content (AvgIpc) is 3.32. The molecule has 0 unspecified atom stereocenters. The van der Waals surface area contributed by atoms with Crippen molar-refractivity contribution in [3.63, 3.8) is 0 Å². The van der Waals surface area contributed by atoms with Crippen LogP contribution in [0.4, 0.5) is 10.8 Å². The minimum atomic E-state index is -0.635. The van der Waals surface area contributed by atoms with Crippen LogP contribution in [-0.4, -0.2) is 25.6 Å². The Morgan fingerprint density at radius 3 is 2.84 bits per heavy atom. The monoisotopic (exact) mass is 459 g/mol. The van der Waals surface area contributed by atoms with E-state index in [1.165, 1.54) is 34.1 Å². The molecule has 0 fully saturated rings. The number of nitro groups is 1. The first-order valence-electron chi connectivity index (χ1n) is 9.08. The lowest BCUT2D eigenvalue weighted by Gasteiger charge is -2.03. The van der Waals surface area contributed by atoms with E-state index in [1.54, 1.807) is 6.07 Å². The third kappa shape index (κ3) is 4.47. The zero-order valence-electron chi connectivity index (χ0n) is 15.8. The van der Waals surface area contributed by atoms with E-state index in [-0.39, 0.29) is 30.1 Å². The Bertz CT molecular complexity index is 1340. The van der Waals surface area contributed by atoms with Crippen LogP contribution in [-0.2, 0) is 11.3 Å². The van der Waals surface area contributed by atoms with Crippen LogP contribution >= 0.6 is 22.9 Å². The maximum Gasteiger partial charge on any atom is 0.419 e. The molecule has 10 nitrogen and oxygen atoms in total. The van der Waals surface area contributed by atoms with Crippen molar-refractivity contribution in [1.29, 1.82) is 0 Å². The molecule has 12 heteroatoms. The highest BCUT2D eigenvalue weighted by Gasteiger charge is 2.15. The van der Waals surface area contributed by atoms with Gasteiger partial charge in [-0.1, -0.05) is 41.1 Å². The third-order valence-electron chi connectivity index (χ3n) is 4.42. The molecule has 2 aromatic heterocycles.